The third kappa shape index (κ3) is 4.26. The van der Waals surface area contributed by atoms with E-state index >= 15 is 0 Å². The summed E-state index contributed by atoms with van der Waals surface area (Å²) in [5, 5.41) is 7.30. The van der Waals surface area contributed by atoms with Gasteiger partial charge in [0.25, 0.3) is 0 Å². The zero-order valence-corrected chi connectivity index (χ0v) is 13.9. The van der Waals surface area contributed by atoms with Crippen molar-refractivity contribution in [1.82, 2.24) is 9.97 Å². The fourth-order valence-electron chi connectivity index (χ4n) is 2.85. The molecule has 5 nitrogen and oxygen atoms in total. The van der Waals surface area contributed by atoms with Gasteiger partial charge in [-0.05, 0) is 37.1 Å². The highest BCUT2D eigenvalue weighted by molar-refractivity contribution is 6.30. The van der Waals surface area contributed by atoms with Crippen LogP contribution in [0.15, 0.2) is 30.5 Å². The summed E-state index contributed by atoms with van der Waals surface area (Å²) < 4.78 is 5.33. The van der Waals surface area contributed by atoms with Gasteiger partial charge in [0.2, 0.25) is 5.95 Å². The van der Waals surface area contributed by atoms with Crippen molar-refractivity contribution in [2.24, 2.45) is 0 Å². The maximum Gasteiger partial charge on any atom is 0.229 e. The predicted molar refractivity (Wildman–Crippen MR) is 93.8 cm³/mol. The Kier molecular flexibility index (Phi) is 5.18. The van der Waals surface area contributed by atoms with E-state index in [1.165, 1.54) is 32.1 Å². The molecule has 1 aliphatic carbocycles. The molecule has 1 aromatic heterocycles. The molecule has 2 N–H and O–H groups in total. The van der Waals surface area contributed by atoms with Crippen LogP contribution in [0.1, 0.15) is 32.1 Å². The molecule has 0 spiro atoms. The van der Waals surface area contributed by atoms with Gasteiger partial charge < -0.3 is 15.4 Å². The molecule has 1 aliphatic rings. The lowest BCUT2D eigenvalue weighted by Crippen LogP contribution is -2.22. The van der Waals surface area contributed by atoms with Crippen molar-refractivity contribution in [2.75, 3.05) is 17.7 Å². The van der Waals surface area contributed by atoms with Crippen molar-refractivity contribution < 1.29 is 4.74 Å². The lowest BCUT2D eigenvalue weighted by molar-refractivity contribution is 0.417. The number of methoxy groups -OCH3 is 1. The molecular weight excluding hydrogens is 312 g/mol. The van der Waals surface area contributed by atoms with Crippen molar-refractivity contribution >= 4 is 29.1 Å². The molecular formula is C17H21ClN4O. The van der Waals surface area contributed by atoms with Gasteiger partial charge in [0.15, 0.2) is 0 Å². The molecule has 122 valence electrons. The number of rotatable bonds is 5. The molecule has 0 radical (unpaired) electrons. The van der Waals surface area contributed by atoms with E-state index in [1.807, 2.05) is 12.1 Å². The molecule has 1 saturated carbocycles. The summed E-state index contributed by atoms with van der Waals surface area (Å²) in [5.74, 6) is 2.06. The fraction of sp³-hybridized carbons (Fsp3) is 0.412. The minimum atomic E-state index is 0.507. The lowest BCUT2D eigenvalue weighted by atomic mass is 9.95. The second-order valence-corrected chi connectivity index (χ2v) is 6.15. The third-order valence-electron chi connectivity index (χ3n) is 4.02. The SMILES string of the molecule is COc1ccc(Cl)cc1Nc1nccc(NC2CCCCC2)n1. The average molecular weight is 333 g/mol. The molecule has 1 aromatic carbocycles. The Balaban J connectivity index is 1.73. The van der Waals surface area contributed by atoms with Gasteiger partial charge in [0.05, 0.1) is 12.8 Å². The highest BCUT2D eigenvalue weighted by Crippen LogP contribution is 2.29. The highest BCUT2D eigenvalue weighted by Gasteiger charge is 2.14. The molecule has 1 fully saturated rings. The third-order valence-corrected chi connectivity index (χ3v) is 4.26. The minimum absolute atomic E-state index is 0.507. The Bertz CT molecular complexity index is 659. The van der Waals surface area contributed by atoms with Gasteiger partial charge in [-0.1, -0.05) is 30.9 Å². The molecule has 0 bridgehead atoms. The number of benzene rings is 1. The van der Waals surface area contributed by atoms with Crippen molar-refractivity contribution in [1.29, 1.82) is 0 Å². The fourth-order valence-corrected chi connectivity index (χ4v) is 3.03. The van der Waals surface area contributed by atoms with E-state index in [0.29, 0.717) is 22.8 Å². The van der Waals surface area contributed by atoms with Crippen LogP contribution in [-0.4, -0.2) is 23.1 Å². The van der Waals surface area contributed by atoms with Crippen LogP contribution in [0, 0.1) is 0 Å². The number of hydrogen-bond acceptors (Lipinski definition) is 5. The minimum Gasteiger partial charge on any atom is -0.495 e. The number of aromatic nitrogens is 2. The first kappa shape index (κ1) is 15.9. The van der Waals surface area contributed by atoms with Crippen molar-refractivity contribution in [3.05, 3.63) is 35.5 Å². The van der Waals surface area contributed by atoms with Gasteiger partial charge in [0.1, 0.15) is 11.6 Å². The van der Waals surface area contributed by atoms with E-state index < -0.39 is 0 Å². The highest BCUT2D eigenvalue weighted by atomic mass is 35.5. The van der Waals surface area contributed by atoms with Crippen LogP contribution >= 0.6 is 11.6 Å². The number of nitrogens with one attached hydrogen (secondary N) is 2. The van der Waals surface area contributed by atoms with E-state index in [4.69, 9.17) is 16.3 Å². The van der Waals surface area contributed by atoms with Crippen LogP contribution in [0.3, 0.4) is 0 Å². The van der Waals surface area contributed by atoms with Gasteiger partial charge in [-0.3, -0.25) is 0 Å². The summed E-state index contributed by atoms with van der Waals surface area (Å²) in [6.07, 6.45) is 8.06. The molecule has 6 heteroatoms. The Morgan fingerprint density at radius 3 is 2.78 bits per heavy atom. The van der Waals surface area contributed by atoms with Crippen LogP contribution in [0.4, 0.5) is 17.5 Å². The number of hydrogen-bond donors (Lipinski definition) is 2. The van der Waals surface area contributed by atoms with Crippen LogP contribution in [0.25, 0.3) is 0 Å². The first-order chi connectivity index (χ1) is 11.2. The van der Waals surface area contributed by atoms with Crippen molar-refractivity contribution in [3.8, 4) is 5.75 Å². The first-order valence-electron chi connectivity index (χ1n) is 7.95. The second-order valence-electron chi connectivity index (χ2n) is 5.71. The standard InChI is InChI=1S/C17H21ClN4O/c1-23-15-8-7-12(18)11-14(15)21-17-19-10-9-16(22-17)20-13-5-3-2-4-6-13/h7-11,13H,2-6H2,1H3,(H2,19,20,21,22). The van der Waals surface area contributed by atoms with Crippen LogP contribution < -0.4 is 15.4 Å². The van der Waals surface area contributed by atoms with E-state index in [-0.39, 0.29) is 0 Å². The summed E-state index contributed by atoms with van der Waals surface area (Å²) in [7, 11) is 1.62. The Labute approximate surface area is 141 Å². The van der Waals surface area contributed by atoms with E-state index in [1.54, 1.807) is 25.4 Å². The zero-order valence-electron chi connectivity index (χ0n) is 13.2. The molecule has 0 unspecified atom stereocenters. The summed E-state index contributed by atoms with van der Waals surface area (Å²) >= 11 is 6.05. The molecule has 23 heavy (non-hydrogen) atoms. The number of halogens is 1. The van der Waals surface area contributed by atoms with Crippen molar-refractivity contribution in [2.45, 2.75) is 38.1 Å². The molecule has 3 rings (SSSR count). The molecule has 0 aliphatic heterocycles. The quantitative estimate of drug-likeness (QED) is 0.836. The van der Waals surface area contributed by atoms with Crippen molar-refractivity contribution in [3.63, 3.8) is 0 Å². The topological polar surface area (TPSA) is 59.1 Å². The van der Waals surface area contributed by atoms with E-state index in [9.17, 15) is 0 Å². The molecule has 0 saturated heterocycles. The maximum absolute atomic E-state index is 6.05. The van der Waals surface area contributed by atoms with Crippen LogP contribution in [-0.2, 0) is 0 Å². The summed E-state index contributed by atoms with van der Waals surface area (Å²) in [5.41, 5.74) is 0.745. The van der Waals surface area contributed by atoms with Gasteiger partial charge in [-0.25, -0.2) is 4.98 Å². The normalized spacial score (nSPS) is 15.2. The zero-order chi connectivity index (χ0) is 16.1. The van der Waals surface area contributed by atoms with Gasteiger partial charge in [0, 0.05) is 17.3 Å². The lowest BCUT2D eigenvalue weighted by Gasteiger charge is -2.23. The van der Waals surface area contributed by atoms with Crippen LogP contribution in [0.5, 0.6) is 5.75 Å². The van der Waals surface area contributed by atoms with Gasteiger partial charge in [-0.15, -0.1) is 0 Å². The largest absolute Gasteiger partial charge is 0.495 e. The van der Waals surface area contributed by atoms with E-state index in [2.05, 4.69) is 20.6 Å². The summed E-state index contributed by atoms with van der Waals surface area (Å²) in [6.45, 7) is 0. The molecule has 1 heterocycles. The number of ether oxygens (including phenoxy) is 1. The Hall–Kier alpha value is -2.01. The maximum atomic E-state index is 6.05. The number of anilines is 3. The smallest absolute Gasteiger partial charge is 0.229 e. The van der Waals surface area contributed by atoms with E-state index in [0.717, 1.165) is 11.5 Å². The molecule has 0 amide bonds. The summed E-state index contributed by atoms with van der Waals surface area (Å²) in [4.78, 5) is 8.81. The molecule has 0 atom stereocenters. The van der Waals surface area contributed by atoms with Gasteiger partial charge in [-0.2, -0.15) is 4.98 Å². The predicted octanol–water partition coefficient (Wildman–Crippen LogP) is 4.63. The average Bonchev–Trinajstić information content (AvgIpc) is 2.56. The first-order valence-corrected chi connectivity index (χ1v) is 8.32. The molecule has 2 aromatic rings. The number of nitrogens with zero attached hydrogens (tertiary/aromatic N) is 2. The van der Waals surface area contributed by atoms with Gasteiger partial charge >= 0.3 is 0 Å². The van der Waals surface area contributed by atoms with Crippen LogP contribution in [0.2, 0.25) is 5.02 Å². The Morgan fingerprint density at radius 1 is 1.17 bits per heavy atom. The monoisotopic (exact) mass is 332 g/mol. The second kappa shape index (κ2) is 7.51. The summed E-state index contributed by atoms with van der Waals surface area (Å²) in [6, 6.07) is 7.80. The Morgan fingerprint density at radius 2 is 2.00 bits per heavy atom.